The number of piperazine rings is 1. The van der Waals surface area contributed by atoms with Crippen molar-refractivity contribution in [2.45, 2.75) is 20.8 Å². The molecular formula is C13H22ClN5O3S. The summed E-state index contributed by atoms with van der Waals surface area (Å²) >= 11 is 1.12. The lowest BCUT2D eigenvalue weighted by Crippen LogP contribution is -2.64. The third kappa shape index (κ3) is 5.67. The minimum absolute atomic E-state index is 0. The van der Waals surface area contributed by atoms with Gasteiger partial charge in [0.05, 0.1) is 23.8 Å². The monoisotopic (exact) mass is 363 g/mol. The number of carbonyl (C=O) groups is 2. The molecule has 1 amide bonds. The quantitative estimate of drug-likeness (QED) is 0.772. The Kier molecular flexibility index (Phi) is 7.30. The molecule has 0 atom stereocenters. The second-order valence-corrected chi connectivity index (χ2v) is 6.90. The summed E-state index contributed by atoms with van der Waals surface area (Å²) in [6.07, 6.45) is 1.59. The topological polar surface area (TPSA) is 93.4 Å². The number of rotatable bonds is 5. The van der Waals surface area contributed by atoms with E-state index in [0.29, 0.717) is 5.75 Å². The molecule has 130 valence electrons. The molecule has 2 rings (SSSR count). The van der Waals surface area contributed by atoms with Crippen molar-refractivity contribution in [3.63, 3.8) is 0 Å². The fourth-order valence-electron chi connectivity index (χ4n) is 1.87. The van der Waals surface area contributed by atoms with Gasteiger partial charge in [-0.15, -0.1) is 12.4 Å². The summed E-state index contributed by atoms with van der Waals surface area (Å²) in [7, 11) is 0. The van der Waals surface area contributed by atoms with Gasteiger partial charge in [-0.05, 0) is 0 Å². The highest BCUT2D eigenvalue weighted by Crippen LogP contribution is 2.29. The van der Waals surface area contributed by atoms with Gasteiger partial charge in [0.1, 0.15) is 5.88 Å². The summed E-state index contributed by atoms with van der Waals surface area (Å²) in [4.78, 5) is 24.8. The van der Waals surface area contributed by atoms with Crippen LogP contribution in [0, 0.1) is 5.41 Å². The maximum Gasteiger partial charge on any atom is 0.257 e. The first kappa shape index (κ1) is 19.7. The van der Waals surface area contributed by atoms with Gasteiger partial charge in [-0.1, -0.05) is 25.6 Å². The minimum Gasteiger partial charge on any atom is -0.588 e. The van der Waals surface area contributed by atoms with E-state index in [1.165, 1.54) is 6.92 Å². The Bertz CT molecular complexity index is 545. The Morgan fingerprint density at radius 3 is 2.74 bits per heavy atom. The molecule has 0 spiro atoms. The van der Waals surface area contributed by atoms with Gasteiger partial charge in [0.2, 0.25) is 5.27 Å². The Morgan fingerprint density at radius 2 is 2.13 bits per heavy atom. The average Bonchev–Trinajstić information content (AvgIpc) is 2.95. The molecule has 0 radical (unpaired) electrons. The van der Waals surface area contributed by atoms with Crippen molar-refractivity contribution in [3.05, 3.63) is 11.5 Å². The van der Waals surface area contributed by atoms with Crippen molar-refractivity contribution < 1.29 is 18.9 Å². The van der Waals surface area contributed by atoms with Gasteiger partial charge in [0.15, 0.2) is 5.12 Å². The van der Waals surface area contributed by atoms with Crippen LogP contribution in [0.4, 0.5) is 5.88 Å². The molecule has 0 bridgehead atoms. The van der Waals surface area contributed by atoms with Crippen molar-refractivity contribution in [2.75, 3.05) is 36.9 Å². The fourth-order valence-corrected chi connectivity index (χ4v) is 2.55. The Labute approximate surface area is 145 Å². The van der Waals surface area contributed by atoms with Crippen molar-refractivity contribution in [2.24, 2.45) is 5.41 Å². The SMILES string of the molecule is CC(=O)SCC(C)(C)C(=O)[N-]c1c[n+](N2CCNCC2)no1.Cl. The maximum absolute atomic E-state index is 12.2. The largest absolute Gasteiger partial charge is 0.588 e. The summed E-state index contributed by atoms with van der Waals surface area (Å²) < 4.78 is 5.10. The van der Waals surface area contributed by atoms with Gasteiger partial charge < -0.3 is 20.0 Å². The molecule has 1 aliphatic heterocycles. The summed E-state index contributed by atoms with van der Waals surface area (Å²) in [5, 5.41) is 13.1. The van der Waals surface area contributed by atoms with Crippen molar-refractivity contribution in [3.8, 4) is 0 Å². The molecule has 1 aliphatic rings. The summed E-state index contributed by atoms with van der Waals surface area (Å²) in [6, 6.07) is 0. The molecule has 0 saturated carbocycles. The van der Waals surface area contributed by atoms with E-state index >= 15 is 0 Å². The molecular weight excluding hydrogens is 342 g/mol. The van der Waals surface area contributed by atoms with E-state index < -0.39 is 5.41 Å². The number of hydrogen-bond acceptors (Lipinski definition) is 7. The number of aromatic nitrogens is 2. The van der Waals surface area contributed by atoms with Crippen LogP contribution in [0.3, 0.4) is 0 Å². The third-order valence-electron chi connectivity index (χ3n) is 3.25. The maximum atomic E-state index is 12.2. The van der Waals surface area contributed by atoms with Crippen LogP contribution in [0.25, 0.3) is 5.32 Å². The second-order valence-electron chi connectivity index (χ2n) is 5.75. The highest BCUT2D eigenvalue weighted by Gasteiger charge is 2.24. The normalized spacial score (nSPS) is 15.0. The van der Waals surface area contributed by atoms with Gasteiger partial charge in [0, 0.05) is 31.2 Å². The van der Waals surface area contributed by atoms with Crippen LogP contribution in [-0.2, 0) is 9.59 Å². The number of carbonyl (C=O) groups excluding carboxylic acids is 2. The van der Waals surface area contributed by atoms with E-state index in [2.05, 4.69) is 15.9 Å². The zero-order chi connectivity index (χ0) is 16.2. The fraction of sp³-hybridized carbons (Fsp3) is 0.692. The van der Waals surface area contributed by atoms with Gasteiger partial charge in [-0.2, -0.15) is 5.01 Å². The number of amides is 1. The Balaban J connectivity index is 0.00000264. The van der Waals surface area contributed by atoms with Crippen LogP contribution in [0.5, 0.6) is 0 Å². The first-order chi connectivity index (χ1) is 10.4. The van der Waals surface area contributed by atoms with E-state index in [9.17, 15) is 9.59 Å². The van der Waals surface area contributed by atoms with Crippen molar-refractivity contribution in [1.82, 2.24) is 10.6 Å². The predicted octanol–water partition coefficient (Wildman–Crippen LogP) is 0.763. The molecule has 1 saturated heterocycles. The molecule has 8 nitrogen and oxygen atoms in total. The number of halogens is 1. The van der Waals surface area contributed by atoms with Crippen molar-refractivity contribution >= 4 is 41.1 Å². The van der Waals surface area contributed by atoms with Crippen LogP contribution < -0.4 is 15.1 Å². The molecule has 0 unspecified atom stereocenters. The molecule has 1 aromatic rings. The Morgan fingerprint density at radius 1 is 1.48 bits per heavy atom. The second kappa shape index (κ2) is 8.51. The van der Waals surface area contributed by atoms with Gasteiger partial charge in [-0.25, -0.2) is 0 Å². The zero-order valence-electron chi connectivity index (χ0n) is 13.4. The number of hydrogen-bond donors (Lipinski definition) is 1. The smallest absolute Gasteiger partial charge is 0.257 e. The summed E-state index contributed by atoms with van der Waals surface area (Å²) in [5.41, 5.74) is -0.733. The number of thioether (sulfide) groups is 1. The molecule has 23 heavy (non-hydrogen) atoms. The molecule has 1 fully saturated rings. The lowest BCUT2D eigenvalue weighted by Gasteiger charge is -2.29. The zero-order valence-corrected chi connectivity index (χ0v) is 15.1. The van der Waals surface area contributed by atoms with Gasteiger partial charge in [-0.3, -0.25) is 4.79 Å². The predicted molar refractivity (Wildman–Crippen MR) is 89.7 cm³/mol. The summed E-state index contributed by atoms with van der Waals surface area (Å²) in [6.45, 7) is 8.37. The summed E-state index contributed by atoms with van der Waals surface area (Å²) in [5.74, 6) is 0.227. The lowest BCUT2D eigenvalue weighted by atomic mass is 9.95. The number of nitrogens with zero attached hydrogens (tertiary/aromatic N) is 4. The van der Waals surface area contributed by atoms with E-state index in [4.69, 9.17) is 4.52 Å². The van der Waals surface area contributed by atoms with E-state index in [-0.39, 0.29) is 29.3 Å². The molecule has 2 heterocycles. The number of nitrogens with one attached hydrogen (secondary N) is 1. The third-order valence-corrected chi connectivity index (χ3v) is 4.53. The van der Waals surface area contributed by atoms with E-state index in [1.54, 1.807) is 24.8 Å². The van der Waals surface area contributed by atoms with Gasteiger partial charge >= 0.3 is 0 Å². The van der Waals surface area contributed by atoms with Crippen LogP contribution in [-0.4, -0.2) is 48.2 Å². The van der Waals surface area contributed by atoms with Crippen molar-refractivity contribution in [1.29, 1.82) is 0 Å². The molecule has 0 aliphatic carbocycles. The highest BCUT2D eigenvalue weighted by molar-refractivity contribution is 8.13. The average molecular weight is 364 g/mol. The van der Waals surface area contributed by atoms with Crippen LogP contribution >= 0.6 is 24.2 Å². The lowest BCUT2D eigenvalue weighted by molar-refractivity contribution is -0.758. The molecule has 10 heteroatoms. The standard InChI is InChI=1S/C13H21N5O3S.ClH/c1-10(19)22-9-13(2,3)12(20)15-11-8-18(16-21-11)17-6-4-14-5-7-17;/h8,14H,4-7,9H2,1-3H3;1H. The molecule has 1 aromatic heterocycles. The van der Waals surface area contributed by atoms with Crippen LogP contribution in [0.1, 0.15) is 20.8 Å². The van der Waals surface area contributed by atoms with Crippen LogP contribution in [0.15, 0.2) is 10.7 Å². The Hall–Kier alpha value is -1.32. The van der Waals surface area contributed by atoms with E-state index in [0.717, 1.165) is 37.9 Å². The van der Waals surface area contributed by atoms with E-state index in [1.807, 2.05) is 5.01 Å². The molecule has 1 N–H and O–H groups in total. The highest BCUT2D eigenvalue weighted by atomic mass is 35.5. The first-order valence-electron chi connectivity index (χ1n) is 7.12. The van der Waals surface area contributed by atoms with Crippen LogP contribution in [0.2, 0.25) is 0 Å². The van der Waals surface area contributed by atoms with Gasteiger partial charge in [0.25, 0.3) is 6.20 Å². The first-order valence-corrected chi connectivity index (χ1v) is 8.11. The minimum atomic E-state index is -0.733. The molecule has 0 aromatic carbocycles.